The van der Waals surface area contributed by atoms with Crippen LogP contribution in [0, 0.1) is 17.2 Å². The Bertz CT molecular complexity index is 2120. The first-order valence-electron chi connectivity index (χ1n) is 19.0. The molecule has 2 amide bonds. The third-order valence-corrected chi connectivity index (χ3v) is 12.3. The van der Waals surface area contributed by atoms with Crippen molar-refractivity contribution in [2.24, 2.45) is 11.3 Å². The monoisotopic (exact) mass is 877 g/mol. The van der Waals surface area contributed by atoms with Crippen LogP contribution in [0.5, 0.6) is 11.5 Å². The molecule has 15 nitrogen and oxygen atoms in total. The number of carbonyl (C=O) groups excluding carboxylic acids is 2. The van der Waals surface area contributed by atoms with Gasteiger partial charge in [0.1, 0.15) is 44.7 Å². The number of rotatable bonds is 18. The Morgan fingerprint density at radius 1 is 0.949 bits per heavy atom. The number of nitrogens with zero attached hydrogens (tertiary/aromatic N) is 4. The molecule has 19 heteroatoms. The highest BCUT2D eigenvalue weighted by molar-refractivity contribution is 7.93. The SMILES string of the molecule is COc1ccc(CN(c2ncns2)S(=O)(=O)c2cc(-c3nccs3)c(NC[C@H](CC(C)(C)CCNC(=O)OC(C)(C)C)[C@@H](C)NC(=O)OC(C)(C)C)cc2F)c(OC)c1. The number of hydrogen-bond acceptors (Lipinski definition) is 14. The molecule has 0 fully saturated rings. The van der Waals surface area contributed by atoms with Gasteiger partial charge in [-0.15, -0.1) is 11.3 Å². The predicted octanol–water partition coefficient (Wildman–Crippen LogP) is 8.49. The van der Waals surface area contributed by atoms with Gasteiger partial charge in [-0.2, -0.15) is 4.37 Å². The Morgan fingerprint density at radius 2 is 1.64 bits per heavy atom. The van der Waals surface area contributed by atoms with Crippen molar-refractivity contribution in [2.75, 3.05) is 36.9 Å². The first kappa shape index (κ1) is 46.9. The second-order valence-electron chi connectivity index (χ2n) is 16.7. The van der Waals surface area contributed by atoms with Crippen LogP contribution in [0.2, 0.25) is 0 Å². The third kappa shape index (κ3) is 13.6. The highest BCUT2D eigenvalue weighted by atomic mass is 32.2. The van der Waals surface area contributed by atoms with Gasteiger partial charge >= 0.3 is 12.2 Å². The Hall–Kier alpha value is -4.75. The molecule has 0 saturated heterocycles. The normalized spacial score (nSPS) is 13.2. The van der Waals surface area contributed by atoms with Crippen LogP contribution in [-0.4, -0.2) is 79.5 Å². The lowest BCUT2D eigenvalue weighted by Gasteiger charge is -2.34. The molecule has 0 aliphatic carbocycles. The number of benzene rings is 2. The molecule has 4 aromatic rings. The first-order chi connectivity index (χ1) is 27.5. The van der Waals surface area contributed by atoms with E-state index in [-0.39, 0.29) is 29.6 Å². The summed E-state index contributed by atoms with van der Waals surface area (Å²) < 4.78 is 72.4. The van der Waals surface area contributed by atoms with E-state index in [0.717, 1.165) is 21.9 Å². The number of thiazole rings is 1. The van der Waals surface area contributed by atoms with Crippen molar-refractivity contribution < 1.29 is 41.3 Å². The molecule has 0 bridgehead atoms. The second-order valence-corrected chi connectivity index (χ2v) is 20.2. The average Bonchev–Trinajstić information content (AvgIpc) is 3.86. The van der Waals surface area contributed by atoms with Gasteiger partial charge in [0.25, 0.3) is 10.0 Å². The smallest absolute Gasteiger partial charge is 0.407 e. The van der Waals surface area contributed by atoms with E-state index in [0.29, 0.717) is 52.7 Å². The van der Waals surface area contributed by atoms with Crippen LogP contribution in [-0.2, 0) is 26.0 Å². The van der Waals surface area contributed by atoms with Crippen LogP contribution < -0.4 is 29.7 Å². The lowest BCUT2D eigenvalue weighted by atomic mass is 9.77. The van der Waals surface area contributed by atoms with E-state index in [2.05, 4.69) is 44.1 Å². The van der Waals surface area contributed by atoms with Gasteiger partial charge in [-0.05, 0) is 96.9 Å². The zero-order valence-electron chi connectivity index (χ0n) is 35.5. The van der Waals surface area contributed by atoms with Crippen LogP contribution in [0.3, 0.4) is 0 Å². The van der Waals surface area contributed by atoms with E-state index < -0.39 is 50.2 Å². The Kier molecular flexibility index (Phi) is 15.5. The maximum Gasteiger partial charge on any atom is 0.407 e. The molecule has 2 aromatic heterocycles. The van der Waals surface area contributed by atoms with Gasteiger partial charge in [-0.1, -0.05) is 13.8 Å². The highest BCUT2D eigenvalue weighted by Gasteiger charge is 2.34. The molecule has 0 radical (unpaired) electrons. The van der Waals surface area contributed by atoms with Gasteiger partial charge < -0.3 is 34.9 Å². The number of ether oxygens (including phenoxy) is 4. The molecule has 2 heterocycles. The Balaban J connectivity index is 1.68. The van der Waals surface area contributed by atoms with Gasteiger partial charge in [-0.25, -0.2) is 36.7 Å². The Labute approximate surface area is 354 Å². The number of anilines is 2. The van der Waals surface area contributed by atoms with Crippen LogP contribution in [0.25, 0.3) is 10.6 Å². The number of nitrogens with one attached hydrogen (secondary N) is 3. The number of amides is 2. The molecular weight excluding hydrogens is 822 g/mol. The van der Waals surface area contributed by atoms with Gasteiger partial charge in [0.05, 0.1) is 20.8 Å². The summed E-state index contributed by atoms with van der Waals surface area (Å²) in [6.45, 7) is 17.0. The van der Waals surface area contributed by atoms with Crippen LogP contribution in [0.4, 0.5) is 24.8 Å². The van der Waals surface area contributed by atoms with Crippen molar-refractivity contribution in [1.82, 2.24) is 25.0 Å². The zero-order valence-corrected chi connectivity index (χ0v) is 37.9. The average molecular weight is 878 g/mol. The quantitative estimate of drug-likeness (QED) is 0.0868. The van der Waals surface area contributed by atoms with Crippen LogP contribution in [0.1, 0.15) is 80.7 Å². The molecule has 4 rings (SSSR count). The first-order valence-corrected chi connectivity index (χ1v) is 22.0. The van der Waals surface area contributed by atoms with Crippen molar-refractivity contribution in [2.45, 2.75) is 104 Å². The maximum absolute atomic E-state index is 16.5. The second kappa shape index (κ2) is 19.5. The molecule has 0 unspecified atom stereocenters. The molecule has 2 atom stereocenters. The molecule has 324 valence electrons. The number of aromatic nitrogens is 3. The fourth-order valence-corrected chi connectivity index (χ4v) is 9.00. The summed E-state index contributed by atoms with van der Waals surface area (Å²) >= 11 is 2.11. The number of carbonyl (C=O) groups is 2. The topological polar surface area (TPSA) is 183 Å². The number of alkyl carbamates (subject to hydrolysis) is 2. The zero-order chi connectivity index (χ0) is 43.8. The highest BCUT2D eigenvalue weighted by Crippen LogP contribution is 2.38. The van der Waals surface area contributed by atoms with E-state index in [1.807, 2.05) is 6.92 Å². The van der Waals surface area contributed by atoms with Crippen molar-refractivity contribution >= 4 is 55.9 Å². The number of methoxy groups -OCH3 is 2. The molecule has 0 aliphatic rings. The van der Waals surface area contributed by atoms with Gasteiger partial charge in [0.15, 0.2) is 0 Å². The van der Waals surface area contributed by atoms with Crippen molar-refractivity contribution in [3.8, 4) is 22.1 Å². The van der Waals surface area contributed by atoms with Gasteiger partial charge in [0.2, 0.25) is 5.13 Å². The molecule has 2 aromatic carbocycles. The van der Waals surface area contributed by atoms with E-state index in [1.165, 1.54) is 38.0 Å². The molecular formula is C40H56FN7O8S3. The maximum atomic E-state index is 16.5. The lowest BCUT2D eigenvalue weighted by Crippen LogP contribution is -2.44. The summed E-state index contributed by atoms with van der Waals surface area (Å²) in [5.74, 6) is -0.393. The van der Waals surface area contributed by atoms with E-state index in [4.69, 9.17) is 18.9 Å². The largest absolute Gasteiger partial charge is 0.497 e. The summed E-state index contributed by atoms with van der Waals surface area (Å²) in [4.78, 5) is 33.3. The van der Waals surface area contributed by atoms with Gasteiger partial charge in [0, 0.05) is 65.1 Å². The summed E-state index contributed by atoms with van der Waals surface area (Å²) in [6.07, 6.45) is 2.85. The molecule has 0 spiro atoms. The lowest BCUT2D eigenvalue weighted by molar-refractivity contribution is 0.0472. The standard InChI is InChI=1S/C40H56FN7O8S3/c1-25(47-37(50)56-39(5,6)7)27(21-40(8,9)14-15-43-36(49)55-38(2,3)4)22-44-31-20-30(41)33(19-29(31)34-42-16-17-57-34)59(51,52)48(35-45-24-46-58-35)23-26-12-13-28(53-10)18-32(26)54-11/h12-13,16-20,24-25,27,44H,14-15,21-23H2,1-11H3,(H,43,49)(H,47,50)/t25-,27+/m1/s1. The fourth-order valence-electron chi connectivity index (χ4n) is 6.13. The minimum absolute atomic E-state index is 0.0264. The minimum atomic E-state index is -4.62. The van der Waals surface area contributed by atoms with E-state index in [1.54, 1.807) is 71.3 Å². The van der Waals surface area contributed by atoms with Crippen molar-refractivity contribution in [1.29, 1.82) is 0 Å². The van der Waals surface area contributed by atoms with Crippen LogP contribution >= 0.6 is 22.9 Å². The number of hydrogen-bond donors (Lipinski definition) is 3. The van der Waals surface area contributed by atoms with E-state index in [9.17, 15) is 18.0 Å². The molecule has 59 heavy (non-hydrogen) atoms. The fraction of sp³-hybridized carbons (Fsp3) is 0.525. The van der Waals surface area contributed by atoms with Crippen molar-refractivity contribution in [3.05, 3.63) is 59.6 Å². The summed E-state index contributed by atoms with van der Waals surface area (Å²) in [6, 6.07) is 6.95. The van der Waals surface area contributed by atoms with Crippen LogP contribution in [0.15, 0.2) is 53.1 Å². The molecule has 3 N–H and O–H groups in total. The summed E-state index contributed by atoms with van der Waals surface area (Å²) in [7, 11) is -1.66. The summed E-state index contributed by atoms with van der Waals surface area (Å²) in [5, 5.41) is 11.3. The molecule has 0 aliphatic heterocycles. The van der Waals surface area contributed by atoms with Crippen molar-refractivity contribution in [3.63, 3.8) is 0 Å². The third-order valence-electron chi connectivity index (χ3n) is 8.97. The van der Waals surface area contributed by atoms with E-state index >= 15 is 4.39 Å². The Morgan fingerprint density at radius 3 is 2.24 bits per heavy atom. The summed E-state index contributed by atoms with van der Waals surface area (Å²) in [5.41, 5.74) is -0.579. The minimum Gasteiger partial charge on any atom is -0.497 e. The predicted molar refractivity (Wildman–Crippen MR) is 228 cm³/mol. The molecule has 0 saturated carbocycles. The van der Waals surface area contributed by atoms with Gasteiger partial charge in [-0.3, -0.25) is 0 Å². The number of sulfonamides is 1. The number of halogens is 1.